The predicted molar refractivity (Wildman–Crippen MR) is 85.8 cm³/mol. The van der Waals surface area contributed by atoms with Crippen molar-refractivity contribution in [2.24, 2.45) is 0 Å². The number of nitrogens with one attached hydrogen (secondary N) is 1. The maximum atomic E-state index is 13.3. The van der Waals surface area contributed by atoms with Gasteiger partial charge in [0.05, 0.1) is 6.07 Å². The number of hydrogen-bond acceptors (Lipinski definition) is 3. The lowest BCUT2D eigenvalue weighted by Gasteiger charge is -2.25. The molecule has 0 saturated heterocycles. The van der Waals surface area contributed by atoms with Crippen molar-refractivity contribution in [3.63, 3.8) is 0 Å². The Morgan fingerprint density at radius 1 is 1.33 bits per heavy atom. The Kier molecular flexibility index (Phi) is 7.18. The normalized spacial score (nSPS) is 13.5. The van der Waals surface area contributed by atoms with Crippen LogP contribution in [-0.4, -0.2) is 25.2 Å². The number of rotatable bonds is 9. The quantitative estimate of drug-likeness (QED) is 0.705. The van der Waals surface area contributed by atoms with E-state index in [1.807, 2.05) is 19.9 Å². The highest BCUT2D eigenvalue weighted by molar-refractivity contribution is 5.46. The molecule has 1 aromatic carbocycles. The Labute approximate surface area is 127 Å². The molecule has 1 unspecified atom stereocenters. The van der Waals surface area contributed by atoms with Gasteiger partial charge in [-0.3, -0.25) is 5.32 Å². The Morgan fingerprint density at radius 3 is 2.67 bits per heavy atom. The molecule has 0 aromatic heterocycles. The molecule has 1 N–H and O–H groups in total. The molecule has 1 rings (SSSR count). The van der Waals surface area contributed by atoms with Crippen LogP contribution in [0.25, 0.3) is 0 Å². The van der Waals surface area contributed by atoms with E-state index in [1.165, 1.54) is 6.07 Å². The first-order valence-corrected chi connectivity index (χ1v) is 7.71. The summed E-state index contributed by atoms with van der Waals surface area (Å²) >= 11 is 0. The van der Waals surface area contributed by atoms with Gasteiger partial charge in [0, 0.05) is 18.8 Å². The van der Waals surface area contributed by atoms with E-state index in [2.05, 4.69) is 23.2 Å². The molecule has 0 aliphatic carbocycles. The summed E-state index contributed by atoms with van der Waals surface area (Å²) in [6.07, 6.45) is 2.80. The largest absolute Gasteiger partial charge is 0.372 e. The van der Waals surface area contributed by atoms with E-state index in [0.717, 1.165) is 44.6 Å². The number of hydrogen-bond donors (Lipinski definition) is 1. The molecule has 21 heavy (non-hydrogen) atoms. The van der Waals surface area contributed by atoms with Crippen LogP contribution in [0.4, 0.5) is 10.1 Å². The van der Waals surface area contributed by atoms with Gasteiger partial charge < -0.3 is 4.90 Å². The predicted octanol–water partition coefficient (Wildman–Crippen LogP) is 3.71. The number of nitrogens with zero attached hydrogens (tertiary/aromatic N) is 2. The lowest BCUT2D eigenvalue weighted by Crippen LogP contribution is -2.40. The van der Waals surface area contributed by atoms with Gasteiger partial charge in [-0.1, -0.05) is 13.0 Å². The van der Waals surface area contributed by atoms with E-state index in [9.17, 15) is 9.65 Å². The third-order valence-electron chi connectivity index (χ3n) is 3.72. The summed E-state index contributed by atoms with van der Waals surface area (Å²) in [5.74, 6) is -0.199. The van der Waals surface area contributed by atoms with Crippen molar-refractivity contribution in [1.29, 1.82) is 5.26 Å². The molecule has 1 atom stereocenters. The summed E-state index contributed by atoms with van der Waals surface area (Å²) in [7, 11) is 0. The molecule has 4 heteroatoms. The van der Waals surface area contributed by atoms with Gasteiger partial charge in [-0.2, -0.15) is 5.26 Å². The van der Waals surface area contributed by atoms with Crippen molar-refractivity contribution in [2.75, 3.05) is 24.5 Å². The average Bonchev–Trinajstić information content (AvgIpc) is 2.47. The van der Waals surface area contributed by atoms with Gasteiger partial charge in [0.15, 0.2) is 0 Å². The summed E-state index contributed by atoms with van der Waals surface area (Å²) in [4.78, 5) is 2.17. The second-order valence-electron chi connectivity index (χ2n) is 5.49. The smallest absolute Gasteiger partial charge is 0.125 e. The lowest BCUT2D eigenvalue weighted by molar-refractivity contribution is 0.411. The molecular formula is C17H26FN3. The van der Waals surface area contributed by atoms with Gasteiger partial charge in [-0.05, 0) is 57.9 Å². The van der Waals surface area contributed by atoms with Gasteiger partial charge >= 0.3 is 0 Å². The third-order valence-corrected chi connectivity index (χ3v) is 3.72. The minimum absolute atomic E-state index is 0.199. The molecule has 0 aliphatic rings. The highest BCUT2D eigenvalue weighted by atomic mass is 19.1. The highest BCUT2D eigenvalue weighted by Gasteiger charge is 2.21. The lowest BCUT2D eigenvalue weighted by atomic mass is 9.96. The van der Waals surface area contributed by atoms with E-state index in [0.29, 0.717) is 0 Å². The minimum Gasteiger partial charge on any atom is -0.372 e. The molecule has 0 radical (unpaired) electrons. The number of unbranched alkanes of at least 4 members (excludes halogenated alkanes) is 1. The standard InChI is InChI=1S/C17H26FN3/c1-4-20-17(3,14-19)11-6-7-12-21(5-2)16-10-8-9-15(18)13-16/h8-10,13,20H,4-7,11-12H2,1-3H3. The summed E-state index contributed by atoms with van der Waals surface area (Å²) in [6.45, 7) is 8.57. The zero-order valence-corrected chi connectivity index (χ0v) is 13.3. The first kappa shape index (κ1) is 17.5. The van der Waals surface area contributed by atoms with Crippen LogP contribution in [0, 0.1) is 17.1 Å². The van der Waals surface area contributed by atoms with E-state index in [1.54, 1.807) is 12.1 Å². The Hall–Kier alpha value is -1.60. The van der Waals surface area contributed by atoms with Gasteiger partial charge in [-0.15, -0.1) is 0 Å². The van der Waals surface area contributed by atoms with Gasteiger partial charge in [0.25, 0.3) is 0 Å². The van der Waals surface area contributed by atoms with Crippen molar-refractivity contribution < 1.29 is 4.39 Å². The summed E-state index contributed by atoms with van der Waals surface area (Å²) in [5.41, 5.74) is 0.484. The first-order valence-electron chi connectivity index (χ1n) is 7.71. The second-order valence-corrected chi connectivity index (χ2v) is 5.49. The monoisotopic (exact) mass is 291 g/mol. The fourth-order valence-electron chi connectivity index (χ4n) is 2.50. The molecule has 0 aliphatic heterocycles. The van der Waals surface area contributed by atoms with Gasteiger partial charge in [0.1, 0.15) is 11.4 Å². The third kappa shape index (κ3) is 5.73. The molecular weight excluding hydrogens is 265 g/mol. The van der Waals surface area contributed by atoms with E-state index in [-0.39, 0.29) is 5.82 Å². The molecule has 1 aromatic rings. The number of nitriles is 1. The van der Waals surface area contributed by atoms with Crippen molar-refractivity contribution in [2.45, 2.75) is 45.6 Å². The van der Waals surface area contributed by atoms with Crippen LogP contribution in [-0.2, 0) is 0 Å². The maximum Gasteiger partial charge on any atom is 0.125 e. The topological polar surface area (TPSA) is 39.1 Å². The van der Waals surface area contributed by atoms with Gasteiger partial charge in [0.2, 0.25) is 0 Å². The molecule has 0 heterocycles. The van der Waals surface area contributed by atoms with Crippen LogP contribution in [0.5, 0.6) is 0 Å². The Balaban J connectivity index is 2.45. The maximum absolute atomic E-state index is 13.3. The molecule has 0 bridgehead atoms. The van der Waals surface area contributed by atoms with Crippen LogP contribution in [0.2, 0.25) is 0 Å². The first-order chi connectivity index (χ1) is 10.0. The Morgan fingerprint density at radius 2 is 2.10 bits per heavy atom. The summed E-state index contributed by atoms with van der Waals surface area (Å²) in [6, 6.07) is 9.06. The van der Waals surface area contributed by atoms with E-state index < -0.39 is 5.54 Å². The van der Waals surface area contributed by atoms with Crippen LogP contribution in [0.1, 0.15) is 40.0 Å². The number of halogens is 1. The van der Waals surface area contributed by atoms with Crippen molar-refractivity contribution in [3.8, 4) is 6.07 Å². The number of benzene rings is 1. The zero-order valence-electron chi connectivity index (χ0n) is 13.3. The zero-order chi connectivity index (χ0) is 15.7. The van der Waals surface area contributed by atoms with Crippen molar-refractivity contribution >= 4 is 5.69 Å². The van der Waals surface area contributed by atoms with Crippen LogP contribution < -0.4 is 10.2 Å². The minimum atomic E-state index is -0.440. The molecule has 0 amide bonds. The van der Waals surface area contributed by atoms with Crippen LogP contribution in [0.15, 0.2) is 24.3 Å². The van der Waals surface area contributed by atoms with Crippen LogP contribution in [0.3, 0.4) is 0 Å². The Bertz CT molecular complexity index is 469. The molecule has 116 valence electrons. The molecule has 0 spiro atoms. The van der Waals surface area contributed by atoms with E-state index in [4.69, 9.17) is 0 Å². The van der Waals surface area contributed by atoms with Crippen molar-refractivity contribution in [3.05, 3.63) is 30.1 Å². The van der Waals surface area contributed by atoms with Crippen molar-refractivity contribution in [1.82, 2.24) is 5.32 Å². The average molecular weight is 291 g/mol. The fourth-order valence-corrected chi connectivity index (χ4v) is 2.50. The van der Waals surface area contributed by atoms with E-state index >= 15 is 0 Å². The SMILES string of the molecule is CCNC(C)(C#N)CCCCN(CC)c1cccc(F)c1. The fraction of sp³-hybridized carbons (Fsp3) is 0.588. The molecule has 0 saturated carbocycles. The van der Waals surface area contributed by atoms with Gasteiger partial charge in [-0.25, -0.2) is 4.39 Å². The highest BCUT2D eigenvalue weighted by Crippen LogP contribution is 2.18. The molecule has 0 fully saturated rings. The summed E-state index contributed by atoms with van der Waals surface area (Å²) in [5, 5.41) is 12.4. The molecule has 3 nitrogen and oxygen atoms in total. The number of anilines is 1. The van der Waals surface area contributed by atoms with Crippen LogP contribution >= 0.6 is 0 Å². The second kappa shape index (κ2) is 8.63. The summed E-state index contributed by atoms with van der Waals surface area (Å²) < 4.78 is 13.3.